The summed E-state index contributed by atoms with van der Waals surface area (Å²) in [5.74, 6) is 2.18. The van der Waals surface area contributed by atoms with Crippen LogP contribution in [-0.2, 0) is 26.7 Å². The maximum absolute atomic E-state index is 13.0. The van der Waals surface area contributed by atoms with Gasteiger partial charge in [0.15, 0.2) is 0 Å². The Labute approximate surface area is 188 Å². The lowest BCUT2D eigenvalue weighted by Crippen LogP contribution is -2.68. The average molecular weight is 462 g/mol. The van der Waals surface area contributed by atoms with Crippen molar-refractivity contribution >= 4 is 35.4 Å². The van der Waals surface area contributed by atoms with E-state index in [2.05, 4.69) is 15.4 Å². The Hall–Kier alpha value is -2.50. The molecular formula is C20H23N5O4S2. The van der Waals surface area contributed by atoms with Gasteiger partial charge in [-0.05, 0) is 35.4 Å². The fraction of sp³-hybridized carbons (Fsp3) is 0.400. The molecule has 0 radical (unpaired) electrons. The van der Waals surface area contributed by atoms with Crippen LogP contribution in [0, 0.1) is 0 Å². The number of aromatic nitrogens is 3. The molecule has 1 amide bonds. The molecule has 1 aromatic carbocycles. The van der Waals surface area contributed by atoms with E-state index >= 15 is 0 Å². The number of nitrogens with zero attached hydrogens (tertiary/aromatic N) is 3. The summed E-state index contributed by atoms with van der Waals surface area (Å²) in [5, 5.41) is 10.2. The minimum Gasteiger partial charge on any atom is -0.497 e. The van der Waals surface area contributed by atoms with Gasteiger partial charge >= 0.3 is 5.97 Å². The van der Waals surface area contributed by atoms with Gasteiger partial charge in [0, 0.05) is 11.5 Å². The molecule has 2 atom stereocenters. The second-order valence-corrected chi connectivity index (χ2v) is 9.29. The van der Waals surface area contributed by atoms with Crippen molar-refractivity contribution in [3.63, 3.8) is 0 Å². The van der Waals surface area contributed by atoms with Crippen LogP contribution in [0.2, 0.25) is 0 Å². The lowest BCUT2D eigenvalue weighted by molar-refractivity contribution is -0.151. The van der Waals surface area contributed by atoms with Crippen molar-refractivity contribution in [1.29, 1.82) is 0 Å². The molecule has 0 bridgehead atoms. The zero-order valence-corrected chi connectivity index (χ0v) is 18.6. The number of hydrogen-bond donors (Lipinski definition) is 2. The lowest BCUT2D eigenvalue weighted by Gasteiger charge is -2.48. The normalized spacial score (nSPS) is 20.3. The lowest BCUT2D eigenvalue weighted by atomic mass is 10.0. The van der Waals surface area contributed by atoms with E-state index in [0.29, 0.717) is 17.9 Å². The summed E-state index contributed by atoms with van der Waals surface area (Å²) in [6.07, 6.45) is 2.36. The summed E-state index contributed by atoms with van der Waals surface area (Å²) >= 11 is 3.29. The number of β-lactam (4-membered cyclic amide) rings is 1. The van der Waals surface area contributed by atoms with E-state index in [1.54, 1.807) is 36.8 Å². The summed E-state index contributed by atoms with van der Waals surface area (Å²) in [7, 11) is 1.60. The van der Waals surface area contributed by atoms with Crippen molar-refractivity contribution in [2.75, 3.05) is 18.6 Å². The number of amides is 1. The topological polar surface area (TPSA) is 123 Å². The number of ether oxygens (including phenoxy) is 2. The molecule has 4 rings (SSSR count). The number of carbonyl (C=O) groups is 2. The maximum Gasteiger partial charge on any atom is 0.355 e. The fourth-order valence-corrected chi connectivity index (χ4v) is 5.58. The zero-order chi connectivity index (χ0) is 21.8. The maximum atomic E-state index is 13.0. The van der Waals surface area contributed by atoms with E-state index in [9.17, 15) is 9.59 Å². The van der Waals surface area contributed by atoms with Gasteiger partial charge in [-0.1, -0.05) is 12.1 Å². The SMILES string of the molecule is COc1ccc(COC(=O)C2=C(CCSCc3cn[nH]n3)CS[C@@H]3[C@H](N)C(=O)N23)cc1. The summed E-state index contributed by atoms with van der Waals surface area (Å²) in [4.78, 5) is 26.9. The van der Waals surface area contributed by atoms with Crippen LogP contribution < -0.4 is 10.5 Å². The van der Waals surface area contributed by atoms with Crippen LogP contribution in [0.25, 0.3) is 0 Å². The van der Waals surface area contributed by atoms with Crippen LogP contribution in [0.15, 0.2) is 41.7 Å². The summed E-state index contributed by atoms with van der Waals surface area (Å²) in [6.45, 7) is 0.117. The Morgan fingerprint density at radius 3 is 2.90 bits per heavy atom. The molecule has 1 saturated heterocycles. The van der Waals surface area contributed by atoms with Crippen molar-refractivity contribution in [2.24, 2.45) is 5.73 Å². The van der Waals surface area contributed by atoms with Gasteiger partial charge in [0.2, 0.25) is 5.91 Å². The van der Waals surface area contributed by atoms with Crippen molar-refractivity contribution in [3.05, 3.63) is 53.0 Å². The fourth-order valence-electron chi connectivity index (χ4n) is 3.37. The van der Waals surface area contributed by atoms with Gasteiger partial charge in [-0.25, -0.2) is 4.79 Å². The minimum atomic E-state index is -0.572. The zero-order valence-electron chi connectivity index (χ0n) is 16.9. The number of fused-ring (bicyclic) bond motifs is 1. The molecule has 2 aliphatic heterocycles. The number of methoxy groups -OCH3 is 1. The van der Waals surface area contributed by atoms with Crippen molar-refractivity contribution in [1.82, 2.24) is 20.3 Å². The Morgan fingerprint density at radius 2 is 2.19 bits per heavy atom. The van der Waals surface area contributed by atoms with Gasteiger partial charge in [0.05, 0.1) is 19.0 Å². The summed E-state index contributed by atoms with van der Waals surface area (Å²) in [5.41, 5.74) is 8.91. The molecule has 11 heteroatoms. The predicted octanol–water partition coefficient (Wildman–Crippen LogP) is 1.68. The number of esters is 1. The van der Waals surface area contributed by atoms with Crippen LogP contribution in [0.1, 0.15) is 17.7 Å². The van der Waals surface area contributed by atoms with E-state index in [1.807, 2.05) is 24.3 Å². The molecule has 9 nitrogen and oxygen atoms in total. The Kier molecular flexibility index (Phi) is 6.83. The highest BCUT2D eigenvalue weighted by Gasteiger charge is 2.51. The molecule has 0 spiro atoms. The molecule has 2 aromatic rings. The number of hydrogen-bond acceptors (Lipinski definition) is 9. The van der Waals surface area contributed by atoms with Gasteiger partial charge in [-0.2, -0.15) is 27.2 Å². The number of aromatic amines is 1. The van der Waals surface area contributed by atoms with E-state index in [0.717, 1.165) is 34.1 Å². The van der Waals surface area contributed by atoms with E-state index < -0.39 is 12.0 Å². The first-order chi connectivity index (χ1) is 15.1. The highest BCUT2D eigenvalue weighted by Crippen LogP contribution is 2.41. The minimum absolute atomic E-state index is 0.117. The second kappa shape index (κ2) is 9.75. The second-order valence-electron chi connectivity index (χ2n) is 7.08. The molecule has 164 valence electrons. The van der Waals surface area contributed by atoms with Gasteiger partial charge in [0.1, 0.15) is 29.5 Å². The van der Waals surface area contributed by atoms with E-state index in [-0.39, 0.29) is 17.9 Å². The molecule has 3 N–H and O–H groups in total. The molecule has 1 fully saturated rings. The highest BCUT2D eigenvalue weighted by atomic mass is 32.2. The Bertz CT molecular complexity index is 964. The van der Waals surface area contributed by atoms with E-state index in [4.69, 9.17) is 15.2 Å². The quantitative estimate of drug-likeness (QED) is 0.326. The summed E-state index contributed by atoms with van der Waals surface area (Å²) in [6, 6.07) is 6.73. The standard InChI is InChI=1S/C20H23N5O4S2/c1-28-15-4-2-12(3-5-15)9-29-20(27)17-13(6-7-30-11-14-8-22-24-23-14)10-31-19-16(21)18(26)25(17)19/h2-5,8,16,19H,6-7,9-11,21H2,1H3,(H,22,23,24)/t16-,19-/m1/s1. The third-order valence-corrected chi connectivity index (χ3v) is 7.43. The molecule has 31 heavy (non-hydrogen) atoms. The first-order valence-corrected chi connectivity index (χ1v) is 11.9. The number of nitrogens with two attached hydrogens (primary N) is 1. The van der Waals surface area contributed by atoms with Crippen molar-refractivity contribution < 1.29 is 19.1 Å². The number of rotatable bonds is 9. The highest BCUT2D eigenvalue weighted by molar-refractivity contribution is 8.00. The Morgan fingerprint density at radius 1 is 1.39 bits per heavy atom. The predicted molar refractivity (Wildman–Crippen MR) is 118 cm³/mol. The van der Waals surface area contributed by atoms with Crippen LogP contribution in [0.5, 0.6) is 5.75 Å². The largest absolute Gasteiger partial charge is 0.497 e. The number of carbonyl (C=O) groups excluding carboxylic acids is 2. The molecular weight excluding hydrogens is 438 g/mol. The summed E-state index contributed by atoms with van der Waals surface area (Å²) < 4.78 is 10.7. The molecule has 0 aliphatic carbocycles. The number of H-pyrrole nitrogens is 1. The molecule has 0 saturated carbocycles. The molecule has 3 heterocycles. The van der Waals surface area contributed by atoms with E-state index in [1.165, 1.54) is 4.90 Å². The number of benzene rings is 1. The molecule has 2 aliphatic rings. The van der Waals surface area contributed by atoms with Crippen molar-refractivity contribution in [2.45, 2.75) is 30.2 Å². The number of nitrogens with one attached hydrogen (secondary N) is 1. The molecule has 0 unspecified atom stereocenters. The van der Waals surface area contributed by atoms with Gasteiger partial charge in [0.25, 0.3) is 0 Å². The molecule has 1 aromatic heterocycles. The van der Waals surface area contributed by atoms with Gasteiger partial charge in [-0.3, -0.25) is 9.69 Å². The van der Waals surface area contributed by atoms with Crippen LogP contribution in [-0.4, -0.2) is 62.2 Å². The number of thioether (sulfide) groups is 2. The van der Waals surface area contributed by atoms with Gasteiger partial charge in [-0.15, -0.1) is 11.8 Å². The monoisotopic (exact) mass is 461 g/mol. The van der Waals surface area contributed by atoms with Crippen LogP contribution in [0.3, 0.4) is 0 Å². The first kappa shape index (κ1) is 21.7. The van der Waals surface area contributed by atoms with Crippen LogP contribution >= 0.6 is 23.5 Å². The third kappa shape index (κ3) is 4.73. The smallest absolute Gasteiger partial charge is 0.355 e. The Balaban J connectivity index is 1.42. The third-order valence-electron chi connectivity index (χ3n) is 5.07. The van der Waals surface area contributed by atoms with Gasteiger partial charge < -0.3 is 15.2 Å². The van der Waals surface area contributed by atoms with Crippen LogP contribution in [0.4, 0.5) is 0 Å². The van der Waals surface area contributed by atoms with Crippen molar-refractivity contribution in [3.8, 4) is 5.75 Å². The first-order valence-electron chi connectivity index (χ1n) is 9.73. The average Bonchev–Trinajstić information content (AvgIpc) is 3.33.